The van der Waals surface area contributed by atoms with Crippen LogP contribution >= 0.6 is 0 Å². The van der Waals surface area contributed by atoms with E-state index in [9.17, 15) is 0 Å². The van der Waals surface area contributed by atoms with Crippen molar-refractivity contribution >= 4 is 5.82 Å². The van der Waals surface area contributed by atoms with Gasteiger partial charge in [-0.15, -0.1) is 0 Å². The molecule has 1 aromatic heterocycles. The highest BCUT2D eigenvalue weighted by Crippen LogP contribution is 2.41. The van der Waals surface area contributed by atoms with E-state index in [-0.39, 0.29) is 0 Å². The van der Waals surface area contributed by atoms with Crippen LogP contribution in [0.25, 0.3) is 16.9 Å². The van der Waals surface area contributed by atoms with Crippen molar-refractivity contribution in [2.45, 2.75) is 6.42 Å². The lowest BCUT2D eigenvalue weighted by molar-refractivity contribution is 0.171. The van der Waals surface area contributed by atoms with Gasteiger partial charge in [0.15, 0.2) is 11.5 Å². The van der Waals surface area contributed by atoms with E-state index >= 15 is 0 Å². The molecule has 0 saturated heterocycles. The van der Waals surface area contributed by atoms with Crippen LogP contribution < -0.4 is 24.3 Å². The summed E-state index contributed by atoms with van der Waals surface area (Å²) in [5.41, 5.74) is 3.90. The van der Waals surface area contributed by atoms with E-state index in [0.717, 1.165) is 58.7 Å². The molecule has 2 aliphatic heterocycles. The Hall–Kier alpha value is -3.35. The lowest BCUT2D eigenvalue weighted by atomic mass is 10.1. The fourth-order valence-electron chi connectivity index (χ4n) is 3.74. The number of hydrogen-bond donors (Lipinski definition) is 1. The lowest BCUT2D eigenvalue weighted by Gasteiger charge is -2.19. The van der Waals surface area contributed by atoms with Crippen molar-refractivity contribution < 1.29 is 18.9 Å². The van der Waals surface area contributed by atoms with Gasteiger partial charge < -0.3 is 24.3 Å². The predicted octanol–water partition coefficient (Wildman–Crippen LogP) is 3.30. The minimum absolute atomic E-state index is 0.554. The van der Waals surface area contributed by atoms with Crippen molar-refractivity contribution in [3.05, 3.63) is 42.0 Å². The molecule has 3 aromatic rings. The van der Waals surface area contributed by atoms with Gasteiger partial charge in [0, 0.05) is 23.7 Å². The molecule has 0 atom stereocenters. The van der Waals surface area contributed by atoms with Crippen molar-refractivity contribution in [2.75, 3.05) is 39.3 Å². The average molecular weight is 379 g/mol. The maximum atomic E-state index is 5.74. The number of ether oxygens (including phenoxy) is 4. The Labute approximate surface area is 162 Å². The predicted molar refractivity (Wildman–Crippen MR) is 105 cm³/mol. The average Bonchev–Trinajstić information content (AvgIpc) is 3.36. The van der Waals surface area contributed by atoms with Crippen LogP contribution in [0.15, 0.2) is 36.4 Å². The fourth-order valence-corrected chi connectivity index (χ4v) is 3.74. The molecule has 0 radical (unpaired) electrons. The number of rotatable bonds is 4. The van der Waals surface area contributed by atoms with E-state index in [1.54, 1.807) is 14.2 Å². The Morgan fingerprint density at radius 2 is 1.86 bits per heavy atom. The Kier molecular flexibility index (Phi) is 4.00. The normalized spacial score (nSPS) is 14.4. The Balaban J connectivity index is 1.65. The van der Waals surface area contributed by atoms with Crippen LogP contribution in [-0.2, 0) is 6.42 Å². The zero-order valence-electron chi connectivity index (χ0n) is 15.8. The van der Waals surface area contributed by atoms with E-state index < -0.39 is 0 Å². The highest BCUT2D eigenvalue weighted by molar-refractivity contribution is 5.77. The van der Waals surface area contributed by atoms with Crippen LogP contribution in [0.1, 0.15) is 5.56 Å². The first kappa shape index (κ1) is 16.8. The summed E-state index contributed by atoms with van der Waals surface area (Å²) in [5.74, 6) is 4.04. The topological polar surface area (TPSA) is 66.8 Å². The third-order valence-corrected chi connectivity index (χ3v) is 5.08. The van der Waals surface area contributed by atoms with Crippen molar-refractivity contribution in [1.82, 2.24) is 9.78 Å². The minimum Gasteiger partial charge on any atom is -0.497 e. The summed E-state index contributed by atoms with van der Waals surface area (Å²) in [7, 11) is 3.33. The highest BCUT2D eigenvalue weighted by atomic mass is 16.6. The summed E-state index contributed by atoms with van der Waals surface area (Å²) in [5, 5.41) is 8.39. The van der Waals surface area contributed by atoms with E-state index in [1.807, 2.05) is 41.1 Å². The molecule has 1 N–H and O–H groups in total. The summed E-state index contributed by atoms with van der Waals surface area (Å²) >= 11 is 0. The van der Waals surface area contributed by atoms with Crippen molar-refractivity contribution in [2.24, 2.45) is 0 Å². The van der Waals surface area contributed by atoms with E-state index in [0.29, 0.717) is 13.2 Å². The van der Waals surface area contributed by atoms with Gasteiger partial charge in [-0.2, -0.15) is 5.10 Å². The third-order valence-electron chi connectivity index (χ3n) is 5.08. The smallest absolute Gasteiger partial charge is 0.163 e. The van der Waals surface area contributed by atoms with Gasteiger partial charge in [-0.25, -0.2) is 4.68 Å². The third kappa shape index (κ3) is 2.62. The number of anilines is 1. The fraction of sp³-hybridized carbons (Fsp3) is 0.286. The molecule has 2 aliphatic rings. The molecular formula is C21H21N3O4. The molecule has 0 bridgehead atoms. The van der Waals surface area contributed by atoms with Gasteiger partial charge in [0.2, 0.25) is 0 Å². The van der Waals surface area contributed by atoms with Gasteiger partial charge in [0.25, 0.3) is 0 Å². The molecular weight excluding hydrogens is 358 g/mol. The molecule has 2 aromatic carbocycles. The lowest BCUT2D eigenvalue weighted by Crippen LogP contribution is -2.15. The minimum atomic E-state index is 0.554. The molecule has 5 rings (SSSR count). The molecule has 0 saturated carbocycles. The molecule has 7 heteroatoms. The molecule has 28 heavy (non-hydrogen) atoms. The van der Waals surface area contributed by atoms with Crippen LogP contribution in [0.4, 0.5) is 5.82 Å². The number of hydrogen-bond acceptors (Lipinski definition) is 6. The van der Waals surface area contributed by atoms with Crippen molar-refractivity contribution in [1.29, 1.82) is 0 Å². The van der Waals surface area contributed by atoms with Gasteiger partial charge in [0.1, 0.15) is 36.2 Å². The van der Waals surface area contributed by atoms with Crippen molar-refractivity contribution in [3.63, 3.8) is 0 Å². The zero-order chi connectivity index (χ0) is 19.1. The van der Waals surface area contributed by atoms with Gasteiger partial charge >= 0.3 is 0 Å². The Morgan fingerprint density at radius 3 is 2.68 bits per heavy atom. The maximum Gasteiger partial charge on any atom is 0.163 e. The summed E-state index contributed by atoms with van der Waals surface area (Å²) in [4.78, 5) is 0. The molecule has 0 aliphatic carbocycles. The number of methoxy groups -OCH3 is 2. The molecule has 0 amide bonds. The van der Waals surface area contributed by atoms with Crippen LogP contribution in [-0.4, -0.2) is 43.8 Å². The summed E-state index contributed by atoms with van der Waals surface area (Å²) in [6, 6.07) is 11.7. The Morgan fingerprint density at radius 1 is 1.00 bits per heavy atom. The molecule has 3 heterocycles. The van der Waals surface area contributed by atoms with Gasteiger partial charge in [0.05, 0.1) is 19.9 Å². The van der Waals surface area contributed by atoms with Crippen LogP contribution in [0.3, 0.4) is 0 Å². The number of aromatic nitrogens is 2. The van der Waals surface area contributed by atoms with Gasteiger partial charge in [-0.05, 0) is 36.8 Å². The van der Waals surface area contributed by atoms with Crippen LogP contribution in [0.2, 0.25) is 0 Å². The first-order chi connectivity index (χ1) is 13.8. The second-order valence-electron chi connectivity index (χ2n) is 6.66. The molecule has 0 spiro atoms. The quantitative estimate of drug-likeness (QED) is 0.750. The molecule has 144 valence electrons. The van der Waals surface area contributed by atoms with E-state index in [1.165, 1.54) is 5.56 Å². The van der Waals surface area contributed by atoms with Gasteiger partial charge in [-0.1, -0.05) is 0 Å². The van der Waals surface area contributed by atoms with Crippen molar-refractivity contribution in [3.8, 4) is 39.9 Å². The van der Waals surface area contributed by atoms with E-state index in [2.05, 4.69) is 5.32 Å². The van der Waals surface area contributed by atoms with Crippen LogP contribution in [0, 0.1) is 0 Å². The molecule has 0 fully saturated rings. The number of nitrogens with zero attached hydrogens (tertiary/aromatic N) is 2. The number of benzene rings is 2. The maximum absolute atomic E-state index is 5.74. The number of nitrogens with one attached hydrogen (secondary N) is 1. The van der Waals surface area contributed by atoms with Gasteiger partial charge in [-0.3, -0.25) is 0 Å². The second-order valence-corrected chi connectivity index (χ2v) is 6.66. The first-order valence-electron chi connectivity index (χ1n) is 9.26. The number of fused-ring (bicyclic) bond motifs is 2. The molecule has 0 unspecified atom stereocenters. The SMILES string of the molecule is COc1ccc(OC)c(-c2nn(-c3ccc4c(c3)OCCO4)c3c2CCN3)c1. The van der Waals surface area contributed by atoms with Crippen LogP contribution in [0.5, 0.6) is 23.0 Å². The summed E-state index contributed by atoms with van der Waals surface area (Å²) in [6.45, 7) is 2.00. The summed E-state index contributed by atoms with van der Waals surface area (Å²) < 4.78 is 24.3. The summed E-state index contributed by atoms with van der Waals surface area (Å²) in [6.07, 6.45) is 0.898. The Bertz CT molecular complexity index is 1040. The monoisotopic (exact) mass is 379 g/mol. The van der Waals surface area contributed by atoms with E-state index in [4.69, 9.17) is 24.0 Å². The largest absolute Gasteiger partial charge is 0.497 e. The molecule has 7 nitrogen and oxygen atoms in total. The standard InChI is InChI=1S/C21H21N3O4/c1-25-14-4-6-17(26-2)16(12-14)20-15-7-8-22-21(15)24(23-20)13-3-5-18-19(11-13)28-10-9-27-18/h3-6,11-12,22H,7-10H2,1-2H3. The first-order valence-corrected chi connectivity index (χ1v) is 9.26. The highest BCUT2D eigenvalue weighted by Gasteiger charge is 2.26. The zero-order valence-corrected chi connectivity index (χ0v) is 15.8. The second kappa shape index (κ2) is 6.67.